The van der Waals surface area contributed by atoms with Gasteiger partial charge in [-0.2, -0.15) is 0 Å². The summed E-state index contributed by atoms with van der Waals surface area (Å²) in [7, 11) is -2.87. The molecule has 0 rings (SSSR count). The van der Waals surface area contributed by atoms with Crippen molar-refractivity contribution in [3.05, 3.63) is 0 Å². The molecule has 0 atom stereocenters. The smallest absolute Gasteiger partial charge is 0.244 e. The monoisotopic (exact) mass is 179 g/mol. The van der Waals surface area contributed by atoms with Gasteiger partial charge in [0, 0.05) is 19.0 Å². The van der Waals surface area contributed by atoms with E-state index in [2.05, 4.69) is 5.32 Å². The van der Waals surface area contributed by atoms with Crippen LogP contribution in [0.2, 0.25) is 0 Å². The first kappa shape index (κ1) is 10.6. The molecule has 11 heavy (non-hydrogen) atoms. The van der Waals surface area contributed by atoms with Crippen LogP contribution in [-0.2, 0) is 15.5 Å². The number of carbonyl (C=O) groups is 1. The minimum atomic E-state index is -2.87. The molecule has 1 N–H and O–H groups in total. The van der Waals surface area contributed by atoms with E-state index in [9.17, 15) is 13.2 Å². The van der Waals surface area contributed by atoms with Crippen LogP contribution in [0.15, 0.2) is 0 Å². The van der Waals surface area contributed by atoms with Crippen molar-refractivity contribution in [3.63, 3.8) is 0 Å². The highest BCUT2D eigenvalue weighted by Gasteiger charge is 2.02. The molecule has 0 radical (unpaired) electrons. The molecule has 0 aliphatic carbocycles. The molecule has 0 spiro atoms. The highest BCUT2D eigenvalue weighted by Crippen LogP contribution is 1.83. The van der Waals surface area contributed by atoms with Gasteiger partial charge in [0.15, 0.2) is 0 Å². The van der Waals surface area contributed by atoms with E-state index in [4.69, 9.17) is 0 Å². The van der Waals surface area contributed by atoms with E-state index in [1.807, 2.05) is 13.8 Å². The third-order valence-corrected chi connectivity index (χ3v) is 1.73. The molecule has 0 unspecified atom stereocenters. The number of nitrogens with one attached hydrogen (secondary N) is 1. The lowest BCUT2D eigenvalue weighted by molar-refractivity contribution is -0.111. The van der Waals surface area contributed by atoms with Crippen LogP contribution in [0.25, 0.3) is 0 Å². The zero-order valence-electron chi connectivity index (χ0n) is 6.66. The van der Waals surface area contributed by atoms with Crippen LogP contribution in [0.3, 0.4) is 0 Å². The molecule has 4 nitrogen and oxygen atoms in total. The minimum Gasteiger partial charge on any atom is -0.314 e. The first-order chi connectivity index (χ1) is 5.04. The predicted octanol–water partition coefficient (Wildman–Crippen LogP) is -0.487. The quantitative estimate of drug-likeness (QED) is 0.572. The fourth-order valence-corrected chi connectivity index (χ4v) is 0.853. The van der Waals surface area contributed by atoms with Crippen LogP contribution >= 0.6 is 0 Å². The van der Waals surface area contributed by atoms with Crippen molar-refractivity contribution < 1.29 is 13.2 Å². The van der Waals surface area contributed by atoms with Gasteiger partial charge in [-0.25, -0.2) is 8.42 Å². The highest BCUT2D eigenvalue weighted by molar-refractivity contribution is 7.89. The summed E-state index contributed by atoms with van der Waals surface area (Å²) in [5.41, 5.74) is 0. The van der Waals surface area contributed by atoms with Gasteiger partial charge in [0.1, 0.15) is 0 Å². The largest absolute Gasteiger partial charge is 0.314 e. The normalized spacial score (nSPS) is 10.9. The second kappa shape index (κ2) is 5.26. The molecule has 66 valence electrons. The highest BCUT2D eigenvalue weighted by atomic mass is 32.2. The Bertz CT molecular complexity index is 190. The molecule has 0 saturated heterocycles. The lowest BCUT2D eigenvalue weighted by Crippen LogP contribution is -2.25. The lowest BCUT2D eigenvalue weighted by atomic mass is 10.3. The molecule has 5 heteroatoms. The van der Waals surface area contributed by atoms with E-state index in [0.29, 0.717) is 6.54 Å². The van der Waals surface area contributed by atoms with E-state index in [0.717, 1.165) is 0 Å². The average molecular weight is 179 g/mol. The Kier molecular flexibility index (Phi) is 5.06. The summed E-state index contributed by atoms with van der Waals surface area (Å²) in [6.07, 6.45) is 0.0664. The molecule has 0 aromatic carbocycles. The summed E-state index contributed by atoms with van der Waals surface area (Å²) in [4.78, 5) is 10.5. The zero-order valence-corrected chi connectivity index (χ0v) is 7.56. The Hall–Kier alpha value is -0.420. The van der Waals surface area contributed by atoms with Crippen molar-refractivity contribution >= 4 is 15.8 Å². The number of hydrogen-bond donors (Lipinski definition) is 2. The van der Waals surface area contributed by atoms with Crippen LogP contribution in [0.5, 0.6) is 0 Å². The maximum atomic E-state index is 10.5. The van der Waals surface area contributed by atoms with Crippen LogP contribution in [-0.4, -0.2) is 26.1 Å². The van der Waals surface area contributed by atoms with Gasteiger partial charge in [0.2, 0.25) is 15.8 Å². The summed E-state index contributed by atoms with van der Waals surface area (Å²) >= 11 is 0. The fraction of sp³-hybridized carbons (Fsp3) is 0.833. The topological polar surface area (TPSA) is 63.2 Å². The Morgan fingerprint density at radius 3 is 2.36 bits per heavy atom. The third kappa shape index (κ3) is 6.00. The van der Waals surface area contributed by atoms with E-state index in [-0.39, 0.29) is 12.5 Å². The molecule has 0 aromatic heterocycles. The zero-order chi connectivity index (χ0) is 8.85. The maximum Gasteiger partial charge on any atom is 0.244 e. The molecular formula is C6H13NO3S. The molecule has 0 aliphatic heterocycles. The molecule has 0 saturated carbocycles. The number of thiol groups is 1. The summed E-state index contributed by atoms with van der Waals surface area (Å²) in [6.45, 7) is 4.29. The lowest BCUT2D eigenvalue weighted by Gasteiger charge is -2.04. The summed E-state index contributed by atoms with van der Waals surface area (Å²) in [5.74, 6) is 0. The van der Waals surface area contributed by atoms with Gasteiger partial charge in [-0.05, 0) is 0 Å². The Balaban J connectivity index is 3.48. The van der Waals surface area contributed by atoms with Crippen LogP contribution < -0.4 is 5.32 Å². The summed E-state index contributed by atoms with van der Waals surface area (Å²) in [6, 6.07) is 0.285. The fourth-order valence-electron chi connectivity index (χ4n) is 0.559. The minimum absolute atomic E-state index is 0.0664. The van der Waals surface area contributed by atoms with E-state index in [1.165, 1.54) is 0 Å². The number of carbonyl (C=O) groups excluding carboxylic acids is 1. The second-order valence-corrected chi connectivity index (χ2v) is 3.52. The van der Waals surface area contributed by atoms with Gasteiger partial charge in [0.05, 0.1) is 0 Å². The van der Waals surface area contributed by atoms with Gasteiger partial charge in [-0.15, -0.1) is 0 Å². The van der Waals surface area contributed by atoms with Gasteiger partial charge in [-0.1, -0.05) is 13.8 Å². The SMILES string of the molecule is CC(C)NCCC(=O)[SH](=O)=O. The van der Waals surface area contributed by atoms with Gasteiger partial charge in [-0.3, -0.25) is 4.79 Å². The Morgan fingerprint density at radius 1 is 1.45 bits per heavy atom. The second-order valence-electron chi connectivity index (χ2n) is 2.51. The van der Waals surface area contributed by atoms with E-state index in [1.54, 1.807) is 0 Å². The standard InChI is InChI=1S/C6H13NO3S/c1-5(2)7-4-3-6(8)11(9)10/h5,7,11H,3-4H2,1-2H3. The molecule has 0 aliphatic rings. The van der Waals surface area contributed by atoms with Gasteiger partial charge >= 0.3 is 0 Å². The first-order valence-corrected chi connectivity index (χ1v) is 4.62. The van der Waals surface area contributed by atoms with Crippen molar-refractivity contribution in [3.8, 4) is 0 Å². The first-order valence-electron chi connectivity index (χ1n) is 3.44. The number of rotatable bonds is 4. The molecule has 0 fully saturated rings. The molecular weight excluding hydrogens is 166 g/mol. The summed E-state index contributed by atoms with van der Waals surface area (Å²) in [5, 5.41) is 2.24. The van der Waals surface area contributed by atoms with E-state index < -0.39 is 15.8 Å². The van der Waals surface area contributed by atoms with Gasteiger partial charge in [0.25, 0.3) is 0 Å². The van der Waals surface area contributed by atoms with Crippen LogP contribution in [0.4, 0.5) is 0 Å². The molecule has 0 heterocycles. The Morgan fingerprint density at radius 2 is 2.00 bits per heavy atom. The number of hydrogen-bond acceptors (Lipinski definition) is 4. The molecule has 0 bridgehead atoms. The molecule has 0 aromatic rings. The summed E-state index contributed by atoms with van der Waals surface area (Å²) < 4.78 is 20.1. The van der Waals surface area contributed by atoms with Crippen molar-refractivity contribution in [2.24, 2.45) is 0 Å². The van der Waals surface area contributed by atoms with Crippen molar-refractivity contribution in [1.82, 2.24) is 5.32 Å². The van der Waals surface area contributed by atoms with Gasteiger partial charge < -0.3 is 5.32 Å². The van der Waals surface area contributed by atoms with E-state index >= 15 is 0 Å². The van der Waals surface area contributed by atoms with Crippen LogP contribution in [0.1, 0.15) is 20.3 Å². The van der Waals surface area contributed by atoms with Crippen molar-refractivity contribution in [2.75, 3.05) is 6.54 Å². The molecule has 0 amide bonds. The Labute approximate surface area is 67.9 Å². The predicted molar refractivity (Wildman–Crippen MR) is 43.1 cm³/mol. The van der Waals surface area contributed by atoms with Crippen molar-refractivity contribution in [2.45, 2.75) is 26.3 Å². The maximum absolute atomic E-state index is 10.5. The third-order valence-electron chi connectivity index (χ3n) is 1.10. The van der Waals surface area contributed by atoms with Crippen molar-refractivity contribution in [1.29, 1.82) is 0 Å². The van der Waals surface area contributed by atoms with Crippen LogP contribution in [0, 0.1) is 0 Å². The average Bonchev–Trinajstić information content (AvgIpc) is 1.86.